The number of ether oxygens (including phenoxy) is 1. The minimum atomic E-state index is 0.663. The lowest BCUT2D eigenvalue weighted by molar-refractivity contribution is 0.333. The fourth-order valence-electron chi connectivity index (χ4n) is 1.74. The van der Waals surface area contributed by atoms with Crippen molar-refractivity contribution in [2.75, 3.05) is 19.0 Å². The number of hydrogen-bond acceptors (Lipinski definition) is 2. The van der Waals surface area contributed by atoms with Gasteiger partial charge in [-0.25, -0.2) is 0 Å². The highest BCUT2D eigenvalue weighted by atomic mass is 35.5. The minimum Gasteiger partial charge on any atom is -0.495 e. The largest absolute Gasteiger partial charge is 0.495 e. The van der Waals surface area contributed by atoms with Crippen molar-refractivity contribution in [2.24, 2.45) is 5.92 Å². The van der Waals surface area contributed by atoms with Gasteiger partial charge in [0, 0.05) is 12.2 Å². The summed E-state index contributed by atoms with van der Waals surface area (Å²) in [6.07, 6.45) is 4.10. The van der Waals surface area contributed by atoms with Crippen molar-refractivity contribution in [3.63, 3.8) is 0 Å². The van der Waals surface area contributed by atoms with E-state index in [-0.39, 0.29) is 0 Å². The van der Waals surface area contributed by atoms with E-state index in [0.29, 0.717) is 5.02 Å². The SMILES string of the molecule is COc1ccc(NCC2CCC2)cc1Cl. The first-order valence-corrected chi connectivity index (χ1v) is 5.75. The quantitative estimate of drug-likeness (QED) is 0.846. The molecule has 0 bridgehead atoms. The number of anilines is 1. The van der Waals surface area contributed by atoms with E-state index in [1.165, 1.54) is 19.3 Å². The third kappa shape index (κ3) is 2.57. The topological polar surface area (TPSA) is 21.3 Å². The van der Waals surface area contributed by atoms with Crippen LogP contribution >= 0.6 is 11.6 Å². The van der Waals surface area contributed by atoms with Gasteiger partial charge in [-0.1, -0.05) is 18.0 Å². The summed E-state index contributed by atoms with van der Waals surface area (Å²) in [4.78, 5) is 0. The molecule has 1 aliphatic rings. The van der Waals surface area contributed by atoms with Crippen molar-refractivity contribution in [3.8, 4) is 5.75 Å². The van der Waals surface area contributed by atoms with E-state index in [2.05, 4.69) is 5.32 Å². The van der Waals surface area contributed by atoms with E-state index in [1.807, 2.05) is 18.2 Å². The molecular weight excluding hydrogens is 210 g/mol. The van der Waals surface area contributed by atoms with Crippen molar-refractivity contribution in [1.29, 1.82) is 0 Å². The highest BCUT2D eigenvalue weighted by Crippen LogP contribution is 2.29. The van der Waals surface area contributed by atoms with Crippen LogP contribution in [0.15, 0.2) is 18.2 Å². The first-order valence-electron chi connectivity index (χ1n) is 5.37. The molecule has 2 nitrogen and oxygen atoms in total. The van der Waals surface area contributed by atoms with E-state index < -0.39 is 0 Å². The highest BCUT2D eigenvalue weighted by Gasteiger charge is 2.16. The maximum atomic E-state index is 6.03. The number of nitrogens with one attached hydrogen (secondary N) is 1. The van der Waals surface area contributed by atoms with E-state index in [0.717, 1.165) is 23.9 Å². The minimum absolute atomic E-state index is 0.663. The maximum absolute atomic E-state index is 6.03. The fraction of sp³-hybridized carbons (Fsp3) is 0.500. The fourth-order valence-corrected chi connectivity index (χ4v) is 1.99. The first-order chi connectivity index (χ1) is 7.29. The molecule has 1 aliphatic carbocycles. The Hall–Kier alpha value is -0.890. The summed E-state index contributed by atoms with van der Waals surface area (Å²) in [5, 5.41) is 4.06. The Kier molecular flexibility index (Phi) is 3.37. The third-order valence-electron chi connectivity index (χ3n) is 2.97. The van der Waals surface area contributed by atoms with Crippen LogP contribution in [0, 0.1) is 5.92 Å². The molecule has 1 saturated carbocycles. The molecule has 0 unspecified atom stereocenters. The van der Waals surface area contributed by atoms with Crippen LogP contribution in [0.5, 0.6) is 5.75 Å². The van der Waals surface area contributed by atoms with Crippen LogP contribution in [0.4, 0.5) is 5.69 Å². The van der Waals surface area contributed by atoms with Crippen molar-refractivity contribution in [1.82, 2.24) is 0 Å². The molecule has 0 atom stereocenters. The number of halogens is 1. The molecule has 0 spiro atoms. The highest BCUT2D eigenvalue weighted by molar-refractivity contribution is 6.32. The van der Waals surface area contributed by atoms with E-state index in [1.54, 1.807) is 7.11 Å². The molecule has 0 radical (unpaired) electrons. The van der Waals surface area contributed by atoms with Crippen LogP contribution in [-0.2, 0) is 0 Å². The summed E-state index contributed by atoms with van der Waals surface area (Å²) >= 11 is 6.03. The molecule has 1 N–H and O–H groups in total. The Bertz CT molecular complexity index is 336. The third-order valence-corrected chi connectivity index (χ3v) is 3.27. The van der Waals surface area contributed by atoms with Gasteiger partial charge in [-0.15, -0.1) is 0 Å². The first kappa shape index (κ1) is 10.6. The van der Waals surface area contributed by atoms with Gasteiger partial charge >= 0.3 is 0 Å². The van der Waals surface area contributed by atoms with Crippen LogP contribution < -0.4 is 10.1 Å². The zero-order valence-electron chi connectivity index (χ0n) is 8.92. The van der Waals surface area contributed by atoms with Gasteiger partial charge in [0.25, 0.3) is 0 Å². The molecular formula is C12H16ClNO. The maximum Gasteiger partial charge on any atom is 0.137 e. The Morgan fingerprint density at radius 2 is 2.27 bits per heavy atom. The molecule has 0 heterocycles. The molecule has 15 heavy (non-hydrogen) atoms. The lowest BCUT2D eigenvalue weighted by atomic mass is 9.85. The second-order valence-electron chi connectivity index (χ2n) is 4.03. The number of methoxy groups -OCH3 is 1. The summed E-state index contributed by atoms with van der Waals surface area (Å²) in [7, 11) is 1.63. The zero-order valence-corrected chi connectivity index (χ0v) is 9.68. The average molecular weight is 226 g/mol. The smallest absolute Gasteiger partial charge is 0.137 e. The van der Waals surface area contributed by atoms with E-state index >= 15 is 0 Å². The molecule has 1 aromatic rings. The zero-order chi connectivity index (χ0) is 10.7. The van der Waals surface area contributed by atoms with Gasteiger partial charge in [-0.3, -0.25) is 0 Å². The molecule has 2 rings (SSSR count). The molecule has 1 aromatic carbocycles. The van der Waals surface area contributed by atoms with Gasteiger partial charge in [0.15, 0.2) is 0 Å². The van der Waals surface area contributed by atoms with Crippen LogP contribution in [0.25, 0.3) is 0 Å². The van der Waals surface area contributed by atoms with Crippen LogP contribution in [0.3, 0.4) is 0 Å². The summed E-state index contributed by atoms with van der Waals surface area (Å²) in [5.41, 5.74) is 1.08. The standard InChI is InChI=1S/C12H16ClNO/c1-15-12-6-5-10(7-11(12)13)14-8-9-3-2-4-9/h5-7,9,14H,2-4,8H2,1H3. The summed E-state index contributed by atoms with van der Waals surface area (Å²) in [6, 6.07) is 5.81. The van der Waals surface area contributed by atoms with Gasteiger partial charge < -0.3 is 10.1 Å². The predicted molar refractivity (Wildman–Crippen MR) is 63.8 cm³/mol. The normalized spacial score (nSPS) is 15.9. The monoisotopic (exact) mass is 225 g/mol. The number of hydrogen-bond donors (Lipinski definition) is 1. The number of rotatable bonds is 4. The molecule has 0 saturated heterocycles. The van der Waals surface area contributed by atoms with Gasteiger partial charge in [0.05, 0.1) is 12.1 Å². The Labute approximate surface area is 95.6 Å². The van der Waals surface area contributed by atoms with Gasteiger partial charge in [-0.2, -0.15) is 0 Å². The number of benzene rings is 1. The lowest BCUT2D eigenvalue weighted by Gasteiger charge is -2.25. The van der Waals surface area contributed by atoms with E-state index in [9.17, 15) is 0 Å². The van der Waals surface area contributed by atoms with Gasteiger partial charge in [0.2, 0.25) is 0 Å². The summed E-state index contributed by atoms with van der Waals surface area (Å²) in [5.74, 6) is 1.58. The van der Waals surface area contributed by atoms with Crippen molar-refractivity contribution in [3.05, 3.63) is 23.2 Å². The second-order valence-corrected chi connectivity index (χ2v) is 4.43. The van der Waals surface area contributed by atoms with Crippen LogP contribution in [0.2, 0.25) is 5.02 Å². The Balaban J connectivity index is 1.93. The molecule has 1 fully saturated rings. The summed E-state index contributed by atoms with van der Waals surface area (Å²) in [6.45, 7) is 1.06. The Morgan fingerprint density at radius 1 is 1.47 bits per heavy atom. The molecule has 82 valence electrons. The van der Waals surface area contributed by atoms with Gasteiger partial charge in [-0.05, 0) is 37.0 Å². The molecule has 0 amide bonds. The average Bonchev–Trinajstić information content (AvgIpc) is 2.16. The van der Waals surface area contributed by atoms with Crippen molar-refractivity contribution >= 4 is 17.3 Å². The second kappa shape index (κ2) is 4.75. The Morgan fingerprint density at radius 3 is 2.80 bits per heavy atom. The van der Waals surface area contributed by atoms with Crippen molar-refractivity contribution < 1.29 is 4.74 Å². The summed E-state index contributed by atoms with van der Waals surface area (Å²) < 4.78 is 5.10. The molecule has 0 aromatic heterocycles. The van der Waals surface area contributed by atoms with E-state index in [4.69, 9.17) is 16.3 Å². The van der Waals surface area contributed by atoms with Crippen LogP contribution in [-0.4, -0.2) is 13.7 Å². The molecule has 0 aliphatic heterocycles. The van der Waals surface area contributed by atoms with Gasteiger partial charge in [0.1, 0.15) is 5.75 Å². The molecule has 3 heteroatoms. The predicted octanol–water partition coefficient (Wildman–Crippen LogP) is 3.56. The van der Waals surface area contributed by atoms with Crippen LogP contribution in [0.1, 0.15) is 19.3 Å². The lowest BCUT2D eigenvalue weighted by Crippen LogP contribution is -2.20. The van der Waals surface area contributed by atoms with Crippen molar-refractivity contribution in [2.45, 2.75) is 19.3 Å².